The summed E-state index contributed by atoms with van der Waals surface area (Å²) in [5, 5.41) is 13.7. The van der Waals surface area contributed by atoms with Crippen LogP contribution in [0.25, 0.3) is 97.8 Å². The van der Waals surface area contributed by atoms with Gasteiger partial charge in [-0.05, 0) is 80.7 Å². The summed E-state index contributed by atoms with van der Waals surface area (Å²) >= 11 is 1.76. The zero-order valence-corrected chi connectivity index (χ0v) is 23.7. The fourth-order valence-electron chi connectivity index (χ4n) is 7.13. The van der Waals surface area contributed by atoms with Gasteiger partial charge in [-0.1, -0.05) is 84.9 Å². The molecule has 3 heterocycles. The largest absolute Gasteiger partial charge is 0.456 e. The van der Waals surface area contributed by atoms with Gasteiger partial charge >= 0.3 is 0 Å². The first-order valence-electron chi connectivity index (χ1n) is 14.5. The van der Waals surface area contributed by atoms with Gasteiger partial charge in [0.25, 0.3) is 0 Å². The van der Waals surface area contributed by atoms with Gasteiger partial charge < -0.3 is 8.83 Å². The molecule has 0 atom stereocenters. The maximum absolute atomic E-state index is 6.89. The van der Waals surface area contributed by atoms with E-state index in [4.69, 9.17) is 8.83 Å². The Hall–Kier alpha value is -5.38. The maximum atomic E-state index is 6.89. The fourth-order valence-corrected chi connectivity index (χ4v) is 7.86. The van der Waals surface area contributed by atoms with Gasteiger partial charge in [-0.15, -0.1) is 11.3 Å². The summed E-state index contributed by atoms with van der Waals surface area (Å²) in [5.74, 6) is 0. The van der Waals surface area contributed by atoms with E-state index >= 15 is 0 Å². The maximum Gasteiger partial charge on any atom is 0.143 e. The Morgan fingerprint density at radius 2 is 1.09 bits per heavy atom. The third-order valence-electron chi connectivity index (χ3n) is 8.93. The first-order chi connectivity index (χ1) is 21.3. The van der Waals surface area contributed by atoms with Gasteiger partial charge in [0.1, 0.15) is 22.3 Å². The molecule has 0 fully saturated rings. The number of hydrogen-bond acceptors (Lipinski definition) is 3. The van der Waals surface area contributed by atoms with Crippen molar-refractivity contribution < 1.29 is 8.83 Å². The first kappa shape index (κ1) is 23.2. The second-order valence-corrected chi connectivity index (χ2v) is 12.2. The van der Waals surface area contributed by atoms with Crippen molar-refractivity contribution in [2.75, 3.05) is 0 Å². The average molecular weight is 567 g/mol. The molecule has 0 bridgehead atoms. The van der Waals surface area contributed by atoms with Gasteiger partial charge in [0, 0.05) is 42.6 Å². The van der Waals surface area contributed by atoms with Gasteiger partial charge in [0.15, 0.2) is 0 Å². The van der Waals surface area contributed by atoms with Gasteiger partial charge in [-0.25, -0.2) is 0 Å². The highest BCUT2D eigenvalue weighted by Crippen LogP contribution is 2.48. The molecule has 3 aromatic heterocycles. The quantitative estimate of drug-likeness (QED) is 0.154. The number of hydrogen-bond donors (Lipinski definition) is 0. The van der Waals surface area contributed by atoms with E-state index in [9.17, 15) is 0 Å². The summed E-state index contributed by atoms with van der Waals surface area (Å²) in [7, 11) is 0. The Bertz CT molecular complexity index is 2710. The predicted octanol–water partition coefficient (Wildman–Crippen LogP) is 12.3. The molecule has 0 aliphatic heterocycles. The Balaban J connectivity index is 1.47. The molecule has 200 valence electrons. The molecular formula is C40H22O2S. The van der Waals surface area contributed by atoms with E-state index in [0.717, 1.165) is 49.3 Å². The van der Waals surface area contributed by atoms with Crippen molar-refractivity contribution >= 4 is 87.5 Å². The molecule has 7 aromatic carbocycles. The zero-order chi connectivity index (χ0) is 28.1. The van der Waals surface area contributed by atoms with Crippen molar-refractivity contribution in [2.24, 2.45) is 0 Å². The van der Waals surface area contributed by atoms with Gasteiger partial charge in [-0.2, -0.15) is 0 Å². The van der Waals surface area contributed by atoms with E-state index in [2.05, 4.69) is 133 Å². The van der Waals surface area contributed by atoms with Crippen molar-refractivity contribution in [2.45, 2.75) is 0 Å². The second-order valence-electron chi connectivity index (χ2n) is 11.2. The third-order valence-corrected chi connectivity index (χ3v) is 9.85. The molecule has 3 heteroatoms. The lowest BCUT2D eigenvalue weighted by molar-refractivity contribution is 0.662. The molecule has 10 aromatic rings. The van der Waals surface area contributed by atoms with Gasteiger partial charge in [-0.3, -0.25) is 0 Å². The van der Waals surface area contributed by atoms with Gasteiger partial charge in [0.2, 0.25) is 0 Å². The third kappa shape index (κ3) is 3.17. The molecule has 0 unspecified atom stereocenters. The molecule has 2 nitrogen and oxygen atoms in total. The Morgan fingerprint density at radius 3 is 1.86 bits per heavy atom. The fraction of sp³-hybridized carbons (Fsp3) is 0. The summed E-state index contributed by atoms with van der Waals surface area (Å²) in [4.78, 5) is 1.25. The monoisotopic (exact) mass is 566 g/mol. The number of fused-ring (bicyclic) bond motifs is 8. The zero-order valence-electron chi connectivity index (χ0n) is 22.9. The van der Waals surface area contributed by atoms with Crippen molar-refractivity contribution in [3.8, 4) is 21.6 Å². The highest BCUT2D eigenvalue weighted by atomic mass is 32.1. The number of benzene rings is 7. The minimum absolute atomic E-state index is 0.885. The van der Waals surface area contributed by atoms with Crippen molar-refractivity contribution in [1.29, 1.82) is 0 Å². The molecule has 0 radical (unpaired) electrons. The van der Waals surface area contributed by atoms with E-state index in [1.54, 1.807) is 11.3 Å². The van der Waals surface area contributed by atoms with Crippen LogP contribution in [0.15, 0.2) is 142 Å². The van der Waals surface area contributed by atoms with Crippen LogP contribution < -0.4 is 0 Å². The molecule has 10 rings (SSSR count). The van der Waals surface area contributed by atoms with E-state index in [1.165, 1.54) is 48.5 Å². The van der Waals surface area contributed by atoms with Crippen LogP contribution in [0.4, 0.5) is 0 Å². The lowest BCUT2D eigenvalue weighted by Crippen LogP contribution is -1.92. The number of rotatable bonds is 2. The lowest BCUT2D eigenvalue weighted by Gasteiger charge is -2.18. The second kappa shape index (κ2) is 8.57. The molecule has 0 N–H and O–H groups in total. The minimum atomic E-state index is 0.885. The van der Waals surface area contributed by atoms with Gasteiger partial charge in [0.05, 0.1) is 0 Å². The first-order valence-corrected chi connectivity index (χ1v) is 15.4. The van der Waals surface area contributed by atoms with Crippen molar-refractivity contribution in [1.82, 2.24) is 0 Å². The molecular weight excluding hydrogens is 545 g/mol. The summed E-state index contributed by atoms with van der Waals surface area (Å²) in [6, 6.07) is 45.4. The summed E-state index contributed by atoms with van der Waals surface area (Å²) in [6.07, 6.45) is 0. The molecule has 43 heavy (non-hydrogen) atoms. The topological polar surface area (TPSA) is 26.3 Å². The van der Waals surface area contributed by atoms with Crippen molar-refractivity contribution in [3.63, 3.8) is 0 Å². The van der Waals surface area contributed by atoms with E-state index < -0.39 is 0 Å². The Labute approximate surface area is 250 Å². The standard InChI is InChI=1S/C40H22O2S/c1-2-9-23(10-3-1)29-22-31-37-28-14-6-15-33-38(28)36(30-21-24(18-19-32(30)41-33)35-17-8-20-43-35)27-13-7-16-34(39(27)37)42-40(31)26-12-5-4-11-25(26)29/h1-22H. The van der Waals surface area contributed by atoms with Crippen LogP contribution in [0.5, 0.6) is 0 Å². The molecule has 0 aliphatic rings. The molecule has 0 spiro atoms. The van der Waals surface area contributed by atoms with Crippen LogP contribution in [0.3, 0.4) is 0 Å². The van der Waals surface area contributed by atoms with Crippen molar-refractivity contribution in [3.05, 3.63) is 133 Å². The smallest absolute Gasteiger partial charge is 0.143 e. The SMILES string of the molecule is c1ccc(-c2cc3c(oc4cccc5c4c3c3cccc4oc6ccc(-c7cccs7)cc6c5c43)c3ccccc23)cc1. The Kier molecular flexibility index (Phi) is 4.63. The van der Waals surface area contributed by atoms with Crippen LogP contribution in [0, 0.1) is 0 Å². The lowest BCUT2D eigenvalue weighted by atomic mass is 9.88. The van der Waals surface area contributed by atoms with Crippen LogP contribution in [0.1, 0.15) is 0 Å². The van der Waals surface area contributed by atoms with E-state index in [1.807, 2.05) is 0 Å². The molecule has 0 saturated carbocycles. The summed E-state index contributed by atoms with van der Waals surface area (Å²) < 4.78 is 13.5. The van der Waals surface area contributed by atoms with Crippen LogP contribution in [-0.2, 0) is 0 Å². The summed E-state index contributed by atoms with van der Waals surface area (Å²) in [5.41, 5.74) is 7.18. The predicted molar refractivity (Wildman–Crippen MR) is 182 cm³/mol. The highest BCUT2D eigenvalue weighted by Gasteiger charge is 2.22. The highest BCUT2D eigenvalue weighted by molar-refractivity contribution is 7.13. The van der Waals surface area contributed by atoms with Crippen LogP contribution in [0.2, 0.25) is 0 Å². The van der Waals surface area contributed by atoms with E-state index in [-0.39, 0.29) is 0 Å². The Morgan fingerprint density at radius 1 is 0.395 bits per heavy atom. The summed E-state index contributed by atoms with van der Waals surface area (Å²) in [6.45, 7) is 0. The average Bonchev–Trinajstić information content (AvgIpc) is 3.61. The molecule has 0 saturated heterocycles. The van der Waals surface area contributed by atoms with E-state index in [0.29, 0.717) is 0 Å². The molecule has 0 amide bonds. The van der Waals surface area contributed by atoms with Crippen LogP contribution in [-0.4, -0.2) is 0 Å². The molecule has 0 aliphatic carbocycles. The normalized spacial score (nSPS) is 12.2. The number of thiophene rings is 1. The minimum Gasteiger partial charge on any atom is -0.456 e. The van der Waals surface area contributed by atoms with Crippen LogP contribution >= 0.6 is 11.3 Å².